The smallest absolute Gasteiger partial charge is 0.270 e. The SMILES string of the molecule is CC(=O)N1CC(Nc2cc(C(=O)NC[C@H](O)CN3CCn4cnnc4C3)ncn2)C1. The van der Waals surface area contributed by atoms with Crippen LogP contribution in [-0.2, 0) is 17.9 Å². The van der Waals surface area contributed by atoms with Crippen molar-refractivity contribution in [2.75, 3.05) is 38.0 Å². The third-order valence-electron chi connectivity index (χ3n) is 5.26. The van der Waals surface area contributed by atoms with Crippen LogP contribution in [0.15, 0.2) is 18.7 Å². The minimum Gasteiger partial charge on any atom is -0.390 e. The van der Waals surface area contributed by atoms with Gasteiger partial charge < -0.3 is 25.2 Å². The van der Waals surface area contributed by atoms with Gasteiger partial charge in [0, 0.05) is 52.3 Å². The number of nitrogens with zero attached hydrogens (tertiary/aromatic N) is 7. The topological polar surface area (TPSA) is 141 Å². The summed E-state index contributed by atoms with van der Waals surface area (Å²) in [6, 6.07) is 1.67. The maximum Gasteiger partial charge on any atom is 0.270 e. The molecule has 0 bridgehead atoms. The van der Waals surface area contributed by atoms with Gasteiger partial charge in [-0.25, -0.2) is 9.97 Å². The molecule has 2 amide bonds. The zero-order valence-electron chi connectivity index (χ0n) is 16.7. The minimum atomic E-state index is -0.713. The lowest BCUT2D eigenvalue weighted by Gasteiger charge is -2.39. The molecule has 0 aliphatic carbocycles. The Balaban J connectivity index is 1.22. The molecule has 0 unspecified atom stereocenters. The number of likely N-dealkylation sites (tertiary alicyclic amines) is 1. The van der Waals surface area contributed by atoms with E-state index >= 15 is 0 Å². The van der Waals surface area contributed by atoms with Gasteiger partial charge in [0.05, 0.1) is 18.7 Å². The molecule has 30 heavy (non-hydrogen) atoms. The van der Waals surface area contributed by atoms with Crippen LogP contribution in [0.3, 0.4) is 0 Å². The second kappa shape index (κ2) is 8.71. The number of β-amino-alcohol motifs (C(OH)–C–C–N with tert-alkyl or cyclic N) is 1. The Morgan fingerprint density at radius 1 is 1.30 bits per heavy atom. The molecule has 1 atom stereocenters. The zero-order chi connectivity index (χ0) is 21.1. The fourth-order valence-electron chi connectivity index (χ4n) is 3.53. The number of fused-ring (bicyclic) bond motifs is 1. The molecule has 0 spiro atoms. The first-order valence-corrected chi connectivity index (χ1v) is 9.87. The monoisotopic (exact) mass is 415 g/mol. The van der Waals surface area contributed by atoms with Crippen molar-refractivity contribution in [2.45, 2.75) is 32.2 Å². The molecule has 12 heteroatoms. The lowest BCUT2D eigenvalue weighted by atomic mass is 10.1. The first-order valence-electron chi connectivity index (χ1n) is 9.87. The highest BCUT2D eigenvalue weighted by atomic mass is 16.3. The van der Waals surface area contributed by atoms with Gasteiger partial charge in [-0.1, -0.05) is 0 Å². The molecule has 2 aromatic heterocycles. The largest absolute Gasteiger partial charge is 0.390 e. The number of hydrogen-bond donors (Lipinski definition) is 3. The number of amides is 2. The molecule has 4 heterocycles. The van der Waals surface area contributed by atoms with Crippen molar-refractivity contribution >= 4 is 17.6 Å². The van der Waals surface area contributed by atoms with Crippen LogP contribution in [0.1, 0.15) is 23.2 Å². The lowest BCUT2D eigenvalue weighted by molar-refractivity contribution is -0.132. The third-order valence-corrected chi connectivity index (χ3v) is 5.26. The van der Waals surface area contributed by atoms with Crippen molar-refractivity contribution < 1.29 is 14.7 Å². The molecule has 0 radical (unpaired) electrons. The number of rotatable bonds is 7. The van der Waals surface area contributed by atoms with Crippen LogP contribution in [0, 0.1) is 0 Å². The van der Waals surface area contributed by atoms with E-state index in [9.17, 15) is 14.7 Å². The highest BCUT2D eigenvalue weighted by Crippen LogP contribution is 2.14. The molecule has 4 rings (SSSR count). The summed E-state index contributed by atoms with van der Waals surface area (Å²) in [5.41, 5.74) is 0.216. The number of carbonyl (C=O) groups is 2. The van der Waals surface area contributed by atoms with Crippen molar-refractivity contribution in [1.82, 2.24) is 39.8 Å². The van der Waals surface area contributed by atoms with Crippen LogP contribution in [0.25, 0.3) is 0 Å². The van der Waals surface area contributed by atoms with Crippen LogP contribution in [-0.4, -0.2) is 96.3 Å². The number of hydrogen-bond acceptors (Lipinski definition) is 9. The molecule has 1 fully saturated rings. The first-order chi connectivity index (χ1) is 14.5. The average Bonchev–Trinajstić information content (AvgIpc) is 3.16. The Labute approximate surface area is 173 Å². The summed E-state index contributed by atoms with van der Waals surface area (Å²) < 4.78 is 1.99. The second-order valence-electron chi connectivity index (χ2n) is 7.59. The predicted molar refractivity (Wildman–Crippen MR) is 105 cm³/mol. The van der Waals surface area contributed by atoms with Crippen LogP contribution in [0.5, 0.6) is 0 Å². The third kappa shape index (κ3) is 4.71. The Morgan fingerprint density at radius 2 is 2.13 bits per heavy atom. The Morgan fingerprint density at radius 3 is 2.93 bits per heavy atom. The van der Waals surface area contributed by atoms with Gasteiger partial charge in [-0.3, -0.25) is 14.5 Å². The fourth-order valence-corrected chi connectivity index (χ4v) is 3.53. The number of aliphatic hydroxyl groups is 1. The van der Waals surface area contributed by atoms with Crippen molar-refractivity contribution in [3.05, 3.63) is 30.2 Å². The maximum absolute atomic E-state index is 12.4. The van der Waals surface area contributed by atoms with E-state index in [1.807, 2.05) is 4.57 Å². The van der Waals surface area contributed by atoms with Gasteiger partial charge in [-0.05, 0) is 0 Å². The Kier molecular flexibility index (Phi) is 5.86. The second-order valence-corrected chi connectivity index (χ2v) is 7.59. The molecule has 12 nitrogen and oxygen atoms in total. The van der Waals surface area contributed by atoms with Crippen molar-refractivity contribution in [3.63, 3.8) is 0 Å². The summed E-state index contributed by atoms with van der Waals surface area (Å²) in [6.07, 6.45) is 2.31. The van der Waals surface area contributed by atoms with E-state index in [1.165, 1.54) is 13.3 Å². The highest BCUT2D eigenvalue weighted by Gasteiger charge is 2.28. The summed E-state index contributed by atoms with van der Waals surface area (Å²) in [5, 5.41) is 24.2. The molecule has 2 aliphatic rings. The van der Waals surface area contributed by atoms with Crippen molar-refractivity contribution in [3.8, 4) is 0 Å². The zero-order valence-corrected chi connectivity index (χ0v) is 16.7. The van der Waals surface area contributed by atoms with Crippen LogP contribution < -0.4 is 10.6 Å². The Hall–Kier alpha value is -3.12. The summed E-state index contributed by atoms with van der Waals surface area (Å²) in [6.45, 7) is 5.49. The van der Waals surface area contributed by atoms with E-state index in [2.05, 4.69) is 35.7 Å². The normalized spacial score (nSPS) is 17.7. The number of carbonyl (C=O) groups excluding carboxylic acids is 2. The molecule has 2 aromatic rings. The van der Waals surface area contributed by atoms with E-state index in [0.29, 0.717) is 32.0 Å². The maximum atomic E-state index is 12.4. The van der Waals surface area contributed by atoms with Gasteiger partial charge >= 0.3 is 0 Å². The molecular weight excluding hydrogens is 390 g/mol. The quantitative estimate of drug-likeness (QED) is 0.483. The van der Waals surface area contributed by atoms with Crippen LogP contribution in [0.2, 0.25) is 0 Å². The molecule has 160 valence electrons. The number of nitrogens with one attached hydrogen (secondary N) is 2. The lowest BCUT2D eigenvalue weighted by Crippen LogP contribution is -2.56. The fraction of sp³-hybridized carbons (Fsp3) is 0.556. The summed E-state index contributed by atoms with van der Waals surface area (Å²) in [5.74, 6) is 1.07. The molecule has 0 aromatic carbocycles. The van der Waals surface area contributed by atoms with Gasteiger partial charge in [0.15, 0.2) is 0 Å². The van der Waals surface area contributed by atoms with E-state index in [0.717, 1.165) is 18.9 Å². The van der Waals surface area contributed by atoms with Gasteiger partial charge in [-0.15, -0.1) is 10.2 Å². The molecule has 0 saturated carbocycles. The average molecular weight is 415 g/mol. The summed E-state index contributed by atoms with van der Waals surface area (Å²) in [7, 11) is 0. The standard InChI is InChI=1S/C18H25N9O3/c1-12(28)27-6-13(7-27)23-16-4-15(20-10-21-16)18(30)19-5-14(29)8-25-2-3-26-11-22-24-17(26)9-25/h4,10-11,13-14,29H,2-3,5-9H2,1H3,(H,19,30)(H,20,21,23)/t14-/m0/s1. The van der Waals surface area contributed by atoms with E-state index in [1.54, 1.807) is 17.3 Å². The number of aliphatic hydroxyl groups excluding tert-OH is 1. The van der Waals surface area contributed by atoms with Crippen LogP contribution in [0.4, 0.5) is 5.82 Å². The molecule has 3 N–H and O–H groups in total. The molecular formula is C18H25N9O3. The van der Waals surface area contributed by atoms with Crippen molar-refractivity contribution in [2.24, 2.45) is 0 Å². The van der Waals surface area contributed by atoms with E-state index in [-0.39, 0.29) is 30.1 Å². The summed E-state index contributed by atoms with van der Waals surface area (Å²) >= 11 is 0. The number of aromatic nitrogens is 5. The van der Waals surface area contributed by atoms with Gasteiger partial charge in [-0.2, -0.15) is 0 Å². The highest BCUT2D eigenvalue weighted by molar-refractivity contribution is 5.92. The van der Waals surface area contributed by atoms with Crippen LogP contribution >= 0.6 is 0 Å². The minimum absolute atomic E-state index is 0.0424. The van der Waals surface area contributed by atoms with Gasteiger partial charge in [0.2, 0.25) is 5.91 Å². The molecule has 2 aliphatic heterocycles. The first kappa shape index (κ1) is 20.2. The Bertz CT molecular complexity index is 912. The van der Waals surface area contributed by atoms with E-state index < -0.39 is 6.10 Å². The molecule has 1 saturated heterocycles. The van der Waals surface area contributed by atoms with Gasteiger partial charge in [0.25, 0.3) is 5.91 Å². The predicted octanol–water partition coefficient (Wildman–Crippen LogP) is -1.68. The number of anilines is 1. The van der Waals surface area contributed by atoms with E-state index in [4.69, 9.17) is 0 Å². The van der Waals surface area contributed by atoms with Gasteiger partial charge in [0.1, 0.15) is 30.0 Å². The van der Waals surface area contributed by atoms with Crippen molar-refractivity contribution in [1.29, 1.82) is 0 Å². The summed E-state index contributed by atoms with van der Waals surface area (Å²) in [4.78, 5) is 35.6.